The van der Waals surface area contributed by atoms with Crippen molar-refractivity contribution in [1.82, 2.24) is 5.32 Å². The Labute approximate surface area is 86.8 Å². The van der Waals surface area contributed by atoms with E-state index in [1.807, 2.05) is 6.92 Å². The van der Waals surface area contributed by atoms with Crippen LogP contribution in [0.4, 0.5) is 13.2 Å². The number of hydrogen-bond acceptors (Lipinski definition) is 2. The first-order chi connectivity index (χ1) is 6.45. The number of halogens is 4. The van der Waals surface area contributed by atoms with Gasteiger partial charge < -0.3 is 10.1 Å². The van der Waals surface area contributed by atoms with Crippen LogP contribution in [0, 0.1) is 0 Å². The maximum absolute atomic E-state index is 11.6. The zero-order valence-electron chi connectivity index (χ0n) is 8.03. The van der Waals surface area contributed by atoms with E-state index in [9.17, 15) is 13.2 Å². The average Bonchev–Trinajstić information content (AvgIpc) is 2.08. The van der Waals surface area contributed by atoms with Gasteiger partial charge in [0.1, 0.15) is 6.61 Å². The first-order valence-corrected chi connectivity index (χ1v) is 4.93. The van der Waals surface area contributed by atoms with Crippen molar-refractivity contribution in [2.75, 3.05) is 25.6 Å². The third kappa shape index (κ3) is 10.1. The van der Waals surface area contributed by atoms with Crippen LogP contribution >= 0.6 is 11.6 Å². The van der Waals surface area contributed by atoms with Crippen molar-refractivity contribution in [1.29, 1.82) is 0 Å². The quantitative estimate of drug-likeness (QED) is 0.538. The van der Waals surface area contributed by atoms with Crippen LogP contribution in [-0.2, 0) is 4.74 Å². The van der Waals surface area contributed by atoms with Crippen LogP contribution in [-0.4, -0.2) is 37.9 Å². The lowest BCUT2D eigenvalue weighted by atomic mass is 10.3. The Morgan fingerprint density at radius 1 is 1.43 bits per heavy atom. The first kappa shape index (κ1) is 14.0. The molecule has 0 rings (SSSR count). The SMILES string of the molecule is CC(CCl)NCCCOCC(F)(F)F. The van der Waals surface area contributed by atoms with Crippen LogP contribution < -0.4 is 5.32 Å². The number of rotatable bonds is 7. The molecule has 0 spiro atoms. The fraction of sp³-hybridized carbons (Fsp3) is 1.00. The van der Waals surface area contributed by atoms with E-state index in [-0.39, 0.29) is 12.6 Å². The molecular weight excluding hydrogens is 219 g/mol. The molecule has 1 atom stereocenters. The topological polar surface area (TPSA) is 21.3 Å². The van der Waals surface area contributed by atoms with E-state index in [0.29, 0.717) is 18.8 Å². The van der Waals surface area contributed by atoms with E-state index in [4.69, 9.17) is 11.6 Å². The molecule has 0 heterocycles. The average molecular weight is 234 g/mol. The second-order valence-corrected chi connectivity index (χ2v) is 3.34. The summed E-state index contributed by atoms with van der Waals surface area (Å²) >= 11 is 5.51. The van der Waals surface area contributed by atoms with Crippen LogP contribution in [0.5, 0.6) is 0 Å². The summed E-state index contributed by atoms with van der Waals surface area (Å²) in [6.07, 6.45) is -3.67. The summed E-state index contributed by atoms with van der Waals surface area (Å²) in [6, 6.07) is 0.180. The molecule has 2 nitrogen and oxygen atoms in total. The molecule has 86 valence electrons. The Balaban J connectivity index is 3.14. The minimum absolute atomic E-state index is 0.113. The molecule has 14 heavy (non-hydrogen) atoms. The number of alkyl halides is 4. The molecule has 0 aromatic carbocycles. The molecule has 1 unspecified atom stereocenters. The van der Waals surface area contributed by atoms with Crippen LogP contribution in [0.2, 0.25) is 0 Å². The summed E-state index contributed by atoms with van der Waals surface area (Å²) in [5, 5.41) is 3.04. The summed E-state index contributed by atoms with van der Waals surface area (Å²) in [7, 11) is 0. The molecule has 0 saturated heterocycles. The van der Waals surface area contributed by atoms with Gasteiger partial charge in [-0.25, -0.2) is 0 Å². The lowest BCUT2D eigenvalue weighted by molar-refractivity contribution is -0.173. The normalized spacial score (nSPS) is 14.4. The highest BCUT2D eigenvalue weighted by atomic mass is 35.5. The Hall–Kier alpha value is -0.0000000000000000555. The van der Waals surface area contributed by atoms with Gasteiger partial charge in [0.25, 0.3) is 0 Å². The smallest absolute Gasteiger partial charge is 0.372 e. The van der Waals surface area contributed by atoms with Gasteiger partial charge >= 0.3 is 6.18 Å². The van der Waals surface area contributed by atoms with Crippen LogP contribution in [0.25, 0.3) is 0 Å². The summed E-state index contributed by atoms with van der Waals surface area (Å²) in [6.45, 7) is 1.47. The van der Waals surface area contributed by atoms with Crippen LogP contribution in [0.3, 0.4) is 0 Å². The zero-order chi connectivity index (χ0) is 11.0. The number of nitrogens with one attached hydrogen (secondary N) is 1. The van der Waals surface area contributed by atoms with Crippen molar-refractivity contribution in [3.05, 3.63) is 0 Å². The molecular formula is C8H15ClF3NO. The molecule has 0 aromatic rings. The van der Waals surface area contributed by atoms with Gasteiger partial charge in [0.2, 0.25) is 0 Å². The van der Waals surface area contributed by atoms with E-state index in [1.165, 1.54) is 0 Å². The Bertz CT molecular complexity index is 143. The number of hydrogen-bond donors (Lipinski definition) is 1. The van der Waals surface area contributed by atoms with E-state index in [1.54, 1.807) is 0 Å². The van der Waals surface area contributed by atoms with Crippen LogP contribution in [0.15, 0.2) is 0 Å². The van der Waals surface area contributed by atoms with Crippen molar-refractivity contribution < 1.29 is 17.9 Å². The fourth-order valence-corrected chi connectivity index (χ4v) is 0.874. The second kappa shape index (κ2) is 7.31. The van der Waals surface area contributed by atoms with Crippen LogP contribution in [0.1, 0.15) is 13.3 Å². The molecule has 0 fully saturated rings. The highest BCUT2D eigenvalue weighted by Gasteiger charge is 2.27. The molecule has 0 saturated carbocycles. The summed E-state index contributed by atoms with van der Waals surface area (Å²) < 4.78 is 39.2. The summed E-state index contributed by atoms with van der Waals surface area (Å²) in [4.78, 5) is 0. The van der Waals surface area contributed by atoms with Crippen molar-refractivity contribution in [3.8, 4) is 0 Å². The molecule has 0 radical (unpaired) electrons. The molecule has 0 aliphatic rings. The maximum atomic E-state index is 11.6. The zero-order valence-corrected chi connectivity index (χ0v) is 8.79. The summed E-state index contributed by atoms with van der Waals surface area (Å²) in [5.41, 5.74) is 0. The van der Waals surface area contributed by atoms with Gasteiger partial charge in [-0.15, -0.1) is 11.6 Å². The highest BCUT2D eigenvalue weighted by molar-refractivity contribution is 6.18. The predicted octanol–water partition coefficient (Wildman–Crippen LogP) is 2.17. The minimum atomic E-state index is -4.23. The highest BCUT2D eigenvalue weighted by Crippen LogP contribution is 2.14. The van der Waals surface area contributed by atoms with Crippen molar-refractivity contribution in [3.63, 3.8) is 0 Å². The van der Waals surface area contributed by atoms with Gasteiger partial charge in [0.05, 0.1) is 0 Å². The van der Waals surface area contributed by atoms with Gasteiger partial charge in [-0.05, 0) is 19.9 Å². The van der Waals surface area contributed by atoms with Gasteiger partial charge in [0, 0.05) is 18.5 Å². The van der Waals surface area contributed by atoms with Crippen molar-refractivity contribution in [2.24, 2.45) is 0 Å². The predicted molar refractivity (Wildman–Crippen MR) is 49.7 cm³/mol. The molecule has 0 aromatic heterocycles. The third-order valence-electron chi connectivity index (χ3n) is 1.46. The molecule has 1 N–H and O–H groups in total. The van der Waals surface area contributed by atoms with E-state index < -0.39 is 12.8 Å². The molecule has 0 bridgehead atoms. The standard InChI is InChI=1S/C8H15ClF3NO/c1-7(5-9)13-3-2-4-14-6-8(10,11)12/h7,13H,2-6H2,1H3. The fourth-order valence-electron chi connectivity index (χ4n) is 0.765. The monoisotopic (exact) mass is 233 g/mol. The van der Waals surface area contributed by atoms with E-state index in [0.717, 1.165) is 0 Å². The van der Waals surface area contributed by atoms with E-state index in [2.05, 4.69) is 10.1 Å². The Morgan fingerprint density at radius 2 is 2.07 bits per heavy atom. The Kier molecular flexibility index (Phi) is 7.31. The third-order valence-corrected chi connectivity index (χ3v) is 1.92. The molecule has 0 aliphatic carbocycles. The van der Waals surface area contributed by atoms with Crippen molar-refractivity contribution >= 4 is 11.6 Å². The Morgan fingerprint density at radius 3 is 2.57 bits per heavy atom. The lowest BCUT2D eigenvalue weighted by Gasteiger charge is -2.10. The number of ether oxygens (including phenoxy) is 1. The summed E-state index contributed by atoms with van der Waals surface area (Å²) in [5.74, 6) is 0.489. The van der Waals surface area contributed by atoms with Crippen molar-refractivity contribution in [2.45, 2.75) is 25.6 Å². The van der Waals surface area contributed by atoms with Gasteiger partial charge in [0.15, 0.2) is 0 Å². The largest absolute Gasteiger partial charge is 0.411 e. The van der Waals surface area contributed by atoms with Gasteiger partial charge in [-0.3, -0.25) is 0 Å². The minimum Gasteiger partial charge on any atom is -0.372 e. The maximum Gasteiger partial charge on any atom is 0.411 e. The first-order valence-electron chi connectivity index (χ1n) is 4.39. The molecule has 0 amide bonds. The van der Waals surface area contributed by atoms with E-state index >= 15 is 0 Å². The lowest BCUT2D eigenvalue weighted by Crippen LogP contribution is -2.29. The molecule has 0 aliphatic heterocycles. The molecule has 6 heteroatoms. The van der Waals surface area contributed by atoms with Gasteiger partial charge in [-0.1, -0.05) is 0 Å². The second-order valence-electron chi connectivity index (χ2n) is 3.03. The van der Waals surface area contributed by atoms with Gasteiger partial charge in [-0.2, -0.15) is 13.2 Å².